The van der Waals surface area contributed by atoms with Crippen molar-refractivity contribution in [3.05, 3.63) is 48.6 Å². The van der Waals surface area contributed by atoms with Crippen LogP contribution in [-0.2, 0) is 0 Å². The predicted octanol–water partition coefficient (Wildman–Crippen LogP) is 2.84. The summed E-state index contributed by atoms with van der Waals surface area (Å²) in [6, 6.07) is 0.153. The first-order valence-electron chi connectivity index (χ1n) is 5.69. The minimum absolute atomic E-state index is 0.153. The quantitative estimate of drug-likeness (QED) is 0.559. The summed E-state index contributed by atoms with van der Waals surface area (Å²) in [5.41, 5.74) is 1.15. The summed E-state index contributed by atoms with van der Waals surface area (Å²) in [6.45, 7) is 8.85. The van der Waals surface area contributed by atoms with Crippen molar-refractivity contribution in [3.8, 4) is 11.8 Å². The van der Waals surface area contributed by atoms with Gasteiger partial charge in [-0.15, -0.1) is 0 Å². The molecule has 0 fully saturated rings. The van der Waals surface area contributed by atoms with Crippen LogP contribution in [0, 0.1) is 17.8 Å². The van der Waals surface area contributed by atoms with E-state index in [0.717, 1.165) is 12.1 Å². The van der Waals surface area contributed by atoms with Gasteiger partial charge in [0.15, 0.2) is 0 Å². The van der Waals surface area contributed by atoms with E-state index in [4.69, 9.17) is 0 Å². The van der Waals surface area contributed by atoms with Crippen LogP contribution in [0.4, 0.5) is 0 Å². The molecule has 1 N–H and O–H groups in total. The second-order valence-electron chi connectivity index (χ2n) is 3.58. The first kappa shape index (κ1) is 12.5. The van der Waals surface area contributed by atoms with Crippen molar-refractivity contribution in [1.82, 2.24) is 5.32 Å². The summed E-state index contributed by atoms with van der Waals surface area (Å²) >= 11 is 0. The minimum Gasteiger partial charge on any atom is -0.301 e. The second kappa shape index (κ2) is 6.87. The molecule has 0 aromatic carbocycles. The highest BCUT2D eigenvalue weighted by atomic mass is 14.9. The third-order valence-corrected chi connectivity index (χ3v) is 2.39. The Kier molecular flexibility index (Phi) is 5.39. The molecule has 0 spiro atoms. The fourth-order valence-corrected chi connectivity index (χ4v) is 1.58. The average molecular weight is 213 g/mol. The Labute approximate surface area is 98.6 Å². The normalized spacial score (nSPS) is 29.5. The molecule has 1 rings (SSSR count). The molecule has 0 aromatic rings. The summed E-state index contributed by atoms with van der Waals surface area (Å²) in [6.07, 6.45) is 12.2. The lowest BCUT2D eigenvalue weighted by molar-refractivity contribution is 0.720. The van der Waals surface area contributed by atoms with Gasteiger partial charge in [0, 0.05) is 0 Å². The molecule has 84 valence electrons. The zero-order chi connectivity index (χ0) is 11.8. The van der Waals surface area contributed by atoms with E-state index < -0.39 is 0 Å². The van der Waals surface area contributed by atoms with Crippen molar-refractivity contribution >= 4 is 0 Å². The fourth-order valence-electron chi connectivity index (χ4n) is 1.58. The largest absolute Gasteiger partial charge is 0.301 e. The lowest BCUT2D eigenvalue weighted by Crippen LogP contribution is -2.25. The molecule has 0 heterocycles. The lowest BCUT2D eigenvalue weighted by atomic mass is 9.96. The van der Waals surface area contributed by atoms with Gasteiger partial charge in [0.2, 0.25) is 0 Å². The van der Waals surface area contributed by atoms with E-state index in [1.54, 1.807) is 0 Å². The van der Waals surface area contributed by atoms with Crippen LogP contribution in [0.15, 0.2) is 48.6 Å². The molecule has 1 nitrogen and oxygen atoms in total. The molecule has 1 aliphatic carbocycles. The van der Waals surface area contributed by atoms with Gasteiger partial charge in [-0.05, 0) is 19.0 Å². The third-order valence-electron chi connectivity index (χ3n) is 2.39. The van der Waals surface area contributed by atoms with Crippen LogP contribution < -0.4 is 5.32 Å². The van der Waals surface area contributed by atoms with Crippen molar-refractivity contribution in [2.75, 3.05) is 6.54 Å². The first-order valence-corrected chi connectivity index (χ1v) is 5.69. The maximum atomic E-state index is 3.83. The van der Waals surface area contributed by atoms with E-state index in [-0.39, 0.29) is 12.0 Å². The van der Waals surface area contributed by atoms with Crippen molar-refractivity contribution in [3.63, 3.8) is 0 Å². The molecular formula is C15H19N. The molecule has 2 unspecified atom stereocenters. The Balaban J connectivity index is 2.95. The molecule has 0 bridgehead atoms. The lowest BCUT2D eigenvalue weighted by Gasteiger charge is -2.11. The summed E-state index contributed by atoms with van der Waals surface area (Å²) in [4.78, 5) is 0. The molecule has 0 saturated heterocycles. The Morgan fingerprint density at radius 2 is 2.31 bits per heavy atom. The summed E-state index contributed by atoms with van der Waals surface area (Å²) < 4.78 is 0. The van der Waals surface area contributed by atoms with Gasteiger partial charge >= 0.3 is 0 Å². The zero-order valence-corrected chi connectivity index (χ0v) is 10.0. The number of rotatable bonds is 4. The second-order valence-corrected chi connectivity index (χ2v) is 3.58. The maximum absolute atomic E-state index is 3.83. The predicted molar refractivity (Wildman–Crippen MR) is 71.0 cm³/mol. The van der Waals surface area contributed by atoms with Crippen LogP contribution in [0.25, 0.3) is 0 Å². The highest BCUT2D eigenvalue weighted by Crippen LogP contribution is 2.15. The number of hydrogen-bond donors (Lipinski definition) is 1. The van der Waals surface area contributed by atoms with Gasteiger partial charge in [-0.2, -0.15) is 0 Å². The standard InChI is InChI=1S/C15H19N/c1-4-8-14-11-12-15(16-6-3)10-7-9-13(14)5-2/h4-5,7-10,14-16H,2,6H2,1,3H3/b8-4-,10-7-,13-9-. The van der Waals surface area contributed by atoms with Gasteiger partial charge in [-0.1, -0.05) is 61.8 Å². The summed E-state index contributed by atoms with van der Waals surface area (Å²) in [5, 5.41) is 3.31. The van der Waals surface area contributed by atoms with Crippen LogP contribution in [0.5, 0.6) is 0 Å². The third kappa shape index (κ3) is 3.56. The van der Waals surface area contributed by atoms with Crippen LogP contribution in [0.1, 0.15) is 13.8 Å². The molecule has 0 amide bonds. The number of nitrogens with one attached hydrogen (secondary N) is 1. The van der Waals surface area contributed by atoms with Gasteiger partial charge in [0.1, 0.15) is 0 Å². The van der Waals surface area contributed by atoms with Gasteiger partial charge in [-0.25, -0.2) is 0 Å². The molecule has 1 heteroatoms. The molecule has 0 aliphatic heterocycles. The van der Waals surface area contributed by atoms with Crippen molar-refractivity contribution in [1.29, 1.82) is 0 Å². The van der Waals surface area contributed by atoms with Crippen LogP contribution >= 0.6 is 0 Å². The Morgan fingerprint density at radius 3 is 2.94 bits per heavy atom. The van der Waals surface area contributed by atoms with Gasteiger partial charge in [-0.3, -0.25) is 0 Å². The summed E-state index contributed by atoms with van der Waals surface area (Å²) in [5.74, 6) is 6.66. The van der Waals surface area contributed by atoms with Crippen molar-refractivity contribution in [2.24, 2.45) is 5.92 Å². The fraction of sp³-hybridized carbons (Fsp3) is 0.333. The number of hydrogen-bond acceptors (Lipinski definition) is 1. The Hall–Kier alpha value is -1.52. The van der Waals surface area contributed by atoms with E-state index in [1.807, 2.05) is 19.1 Å². The SMILES string of the molecule is C=C/C1=C/C=C\C(NCC)C#CC1/C=C\C. The number of allylic oxidation sites excluding steroid dienone is 6. The molecule has 0 radical (unpaired) electrons. The molecule has 0 saturated carbocycles. The highest BCUT2D eigenvalue weighted by Gasteiger charge is 2.06. The summed E-state index contributed by atoms with van der Waals surface area (Å²) in [7, 11) is 0. The Morgan fingerprint density at radius 1 is 1.50 bits per heavy atom. The number of likely N-dealkylation sites (N-methyl/N-ethyl adjacent to an activating group) is 1. The van der Waals surface area contributed by atoms with Crippen molar-refractivity contribution < 1.29 is 0 Å². The van der Waals surface area contributed by atoms with E-state index in [1.165, 1.54) is 0 Å². The van der Waals surface area contributed by atoms with E-state index in [2.05, 4.69) is 55.0 Å². The maximum Gasteiger partial charge on any atom is 0.0879 e. The molecule has 1 aliphatic rings. The van der Waals surface area contributed by atoms with Crippen molar-refractivity contribution in [2.45, 2.75) is 19.9 Å². The van der Waals surface area contributed by atoms with Gasteiger partial charge in [0.05, 0.1) is 12.0 Å². The van der Waals surface area contributed by atoms with E-state index in [9.17, 15) is 0 Å². The molecule has 16 heavy (non-hydrogen) atoms. The minimum atomic E-state index is 0.153. The van der Waals surface area contributed by atoms with Gasteiger partial charge in [0.25, 0.3) is 0 Å². The van der Waals surface area contributed by atoms with Crippen LogP contribution in [0.2, 0.25) is 0 Å². The zero-order valence-electron chi connectivity index (χ0n) is 10.0. The topological polar surface area (TPSA) is 12.0 Å². The van der Waals surface area contributed by atoms with E-state index >= 15 is 0 Å². The van der Waals surface area contributed by atoms with Gasteiger partial charge < -0.3 is 5.32 Å². The molecular weight excluding hydrogens is 194 g/mol. The molecule has 0 aromatic heterocycles. The van der Waals surface area contributed by atoms with E-state index in [0.29, 0.717) is 0 Å². The Bertz CT molecular complexity index is 374. The highest BCUT2D eigenvalue weighted by molar-refractivity contribution is 5.38. The smallest absolute Gasteiger partial charge is 0.0879 e. The van der Waals surface area contributed by atoms with Crippen LogP contribution in [-0.4, -0.2) is 12.6 Å². The average Bonchev–Trinajstić information content (AvgIpc) is 2.27. The monoisotopic (exact) mass is 213 g/mol. The first-order chi connectivity index (χ1) is 7.81. The van der Waals surface area contributed by atoms with Crippen LogP contribution in [0.3, 0.4) is 0 Å². The molecule has 2 atom stereocenters.